The van der Waals surface area contributed by atoms with Crippen LogP contribution < -0.4 is 10.9 Å². The standard InChI is InChI=1S/C20H19Cl2N3O2/c1-27-12-11-17(14-7-9-15(21)10-8-14)24-18-13-23-25(20(26)19(18)22)16-5-3-2-4-6-16/h2-10,13,17,24H,11-12H2,1H3. The lowest BCUT2D eigenvalue weighted by Crippen LogP contribution is -2.23. The van der Waals surface area contributed by atoms with Crippen LogP contribution >= 0.6 is 23.2 Å². The van der Waals surface area contributed by atoms with Crippen LogP contribution in [0.2, 0.25) is 10.0 Å². The highest BCUT2D eigenvalue weighted by molar-refractivity contribution is 6.33. The van der Waals surface area contributed by atoms with Crippen LogP contribution in [0.4, 0.5) is 5.69 Å². The second-order valence-corrected chi connectivity index (χ2v) is 6.77. The molecule has 0 amide bonds. The van der Waals surface area contributed by atoms with E-state index in [1.54, 1.807) is 25.4 Å². The average Bonchev–Trinajstić information content (AvgIpc) is 2.70. The van der Waals surface area contributed by atoms with Crippen molar-refractivity contribution < 1.29 is 4.74 Å². The summed E-state index contributed by atoms with van der Waals surface area (Å²) in [4.78, 5) is 12.7. The largest absolute Gasteiger partial charge is 0.385 e. The first-order chi connectivity index (χ1) is 13.1. The minimum atomic E-state index is -0.380. The normalized spacial score (nSPS) is 12.0. The second-order valence-electron chi connectivity index (χ2n) is 5.95. The molecule has 1 N–H and O–H groups in total. The predicted molar refractivity (Wildman–Crippen MR) is 109 cm³/mol. The summed E-state index contributed by atoms with van der Waals surface area (Å²) < 4.78 is 6.48. The van der Waals surface area contributed by atoms with Gasteiger partial charge in [-0.3, -0.25) is 4.79 Å². The van der Waals surface area contributed by atoms with E-state index in [0.717, 1.165) is 5.56 Å². The van der Waals surface area contributed by atoms with Crippen LogP contribution in [0.5, 0.6) is 0 Å². The molecule has 2 aromatic carbocycles. The van der Waals surface area contributed by atoms with Crippen LogP contribution in [0.15, 0.2) is 65.6 Å². The van der Waals surface area contributed by atoms with E-state index in [-0.39, 0.29) is 16.6 Å². The Morgan fingerprint density at radius 2 is 1.81 bits per heavy atom. The number of aromatic nitrogens is 2. The number of ether oxygens (including phenoxy) is 1. The van der Waals surface area contributed by atoms with Crippen molar-refractivity contribution in [2.45, 2.75) is 12.5 Å². The van der Waals surface area contributed by atoms with Gasteiger partial charge in [-0.1, -0.05) is 53.5 Å². The number of hydrogen-bond donors (Lipinski definition) is 1. The minimum absolute atomic E-state index is 0.0882. The Morgan fingerprint density at radius 1 is 1.11 bits per heavy atom. The molecule has 0 saturated heterocycles. The molecule has 3 aromatic rings. The number of hydrogen-bond acceptors (Lipinski definition) is 4. The average molecular weight is 404 g/mol. The van der Waals surface area contributed by atoms with Crippen LogP contribution in [-0.2, 0) is 4.74 Å². The Morgan fingerprint density at radius 3 is 2.48 bits per heavy atom. The van der Waals surface area contributed by atoms with E-state index in [2.05, 4.69) is 10.4 Å². The van der Waals surface area contributed by atoms with Gasteiger partial charge in [0.25, 0.3) is 5.56 Å². The van der Waals surface area contributed by atoms with Gasteiger partial charge < -0.3 is 10.1 Å². The molecule has 27 heavy (non-hydrogen) atoms. The summed E-state index contributed by atoms with van der Waals surface area (Å²) in [5.41, 5.74) is 1.77. The second kappa shape index (κ2) is 9.04. The highest BCUT2D eigenvalue weighted by Crippen LogP contribution is 2.27. The maximum Gasteiger partial charge on any atom is 0.292 e. The third-order valence-corrected chi connectivity index (χ3v) is 4.75. The van der Waals surface area contributed by atoms with Crippen molar-refractivity contribution in [1.82, 2.24) is 9.78 Å². The van der Waals surface area contributed by atoms with Crippen molar-refractivity contribution in [1.29, 1.82) is 0 Å². The molecule has 0 aliphatic heterocycles. The zero-order chi connectivity index (χ0) is 19.2. The van der Waals surface area contributed by atoms with Crippen LogP contribution in [0.3, 0.4) is 0 Å². The molecule has 1 unspecified atom stereocenters. The molecule has 0 radical (unpaired) electrons. The lowest BCUT2D eigenvalue weighted by Gasteiger charge is -2.21. The molecule has 5 nitrogen and oxygen atoms in total. The third kappa shape index (κ3) is 4.69. The number of rotatable bonds is 7. The zero-order valence-corrected chi connectivity index (χ0v) is 16.2. The smallest absolute Gasteiger partial charge is 0.292 e. The molecule has 0 aliphatic carbocycles. The molecule has 7 heteroatoms. The Kier molecular flexibility index (Phi) is 6.50. The summed E-state index contributed by atoms with van der Waals surface area (Å²) in [5.74, 6) is 0. The molecule has 0 fully saturated rings. The van der Waals surface area contributed by atoms with Crippen molar-refractivity contribution in [3.63, 3.8) is 0 Å². The van der Waals surface area contributed by atoms with Gasteiger partial charge in [-0.25, -0.2) is 0 Å². The first-order valence-electron chi connectivity index (χ1n) is 8.44. The number of para-hydroxylation sites is 1. The number of nitrogens with one attached hydrogen (secondary N) is 1. The highest BCUT2D eigenvalue weighted by Gasteiger charge is 2.16. The Balaban J connectivity index is 1.91. The maximum atomic E-state index is 12.7. The summed E-state index contributed by atoms with van der Waals surface area (Å²) in [5, 5.41) is 8.31. The summed E-state index contributed by atoms with van der Waals surface area (Å²) in [6, 6.07) is 16.6. The van der Waals surface area contributed by atoms with Gasteiger partial charge in [0.15, 0.2) is 0 Å². The monoisotopic (exact) mass is 403 g/mol. The number of nitrogens with zero attached hydrogens (tertiary/aromatic N) is 2. The van der Waals surface area contributed by atoms with Crippen molar-refractivity contribution in [3.8, 4) is 5.69 Å². The van der Waals surface area contributed by atoms with Crippen molar-refractivity contribution in [2.75, 3.05) is 19.0 Å². The SMILES string of the molecule is COCCC(Nc1cnn(-c2ccccc2)c(=O)c1Cl)c1ccc(Cl)cc1. The van der Waals surface area contributed by atoms with E-state index < -0.39 is 0 Å². The van der Waals surface area contributed by atoms with E-state index in [1.165, 1.54) is 4.68 Å². The molecule has 0 bridgehead atoms. The minimum Gasteiger partial charge on any atom is -0.385 e. The number of benzene rings is 2. The summed E-state index contributed by atoms with van der Waals surface area (Å²) in [6.45, 7) is 0.548. The van der Waals surface area contributed by atoms with Gasteiger partial charge in [0, 0.05) is 18.7 Å². The molecule has 0 aliphatic rings. The molecule has 1 aromatic heterocycles. The van der Waals surface area contributed by atoms with Gasteiger partial charge in [0.1, 0.15) is 5.02 Å². The van der Waals surface area contributed by atoms with Crippen molar-refractivity contribution >= 4 is 28.9 Å². The number of anilines is 1. The third-order valence-electron chi connectivity index (χ3n) is 4.13. The van der Waals surface area contributed by atoms with Gasteiger partial charge in [0.2, 0.25) is 0 Å². The van der Waals surface area contributed by atoms with Gasteiger partial charge >= 0.3 is 0 Å². The Bertz CT molecular complexity index is 944. The molecular weight excluding hydrogens is 385 g/mol. The molecular formula is C20H19Cl2N3O2. The van der Waals surface area contributed by atoms with E-state index in [9.17, 15) is 4.79 Å². The molecule has 1 heterocycles. The van der Waals surface area contributed by atoms with Crippen molar-refractivity contribution in [2.24, 2.45) is 0 Å². The van der Waals surface area contributed by atoms with Crippen molar-refractivity contribution in [3.05, 3.63) is 86.8 Å². The van der Waals surface area contributed by atoms with E-state index >= 15 is 0 Å². The van der Waals surface area contributed by atoms with E-state index in [1.807, 2.05) is 42.5 Å². The van der Waals surface area contributed by atoms with Crippen LogP contribution in [0, 0.1) is 0 Å². The van der Waals surface area contributed by atoms with E-state index in [0.29, 0.717) is 29.4 Å². The fraction of sp³-hybridized carbons (Fsp3) is 0.200. The van der Waals surface area contributed by atoms with Gasteiger partial charge in [-0.2, -0.15) is 9.78 Å². The molecule has 0 spiro atoms. The summed E-state index contributed by atoms with van der Waals surface area (Å²) in [7, 11) is 1.65. The molecule has 1 atom stereocenters. The van der Waals surface area contributed by atoms with Crippen LogP contribution in [-0.4, -0.2) is 23.5 Å². The number of methoxy groups -OCH3 is 1. The molecule has 0 saturated carbocycles. The fourth-order valence-electron chi connectivity index (χ4n) is 2.73. The zero-order valence-electron chi connectivity index (χ0n) is 14.7. The Labute approximate surface area is 167 Å². The fourth-order valence-corrected chi connectivity index (χ4v) is 3.04. The van der Waals surface area contributed by atoms with Crippen LogP contribution in [0.1, 0.15) is 18.0 Å². The molecule has 3 rings (SSSR count). The van der Waals surface area contributed by atoms with Gasteiger partial charge in [-0.15, -0.1) is 0 Å². The summed E-state index contributed by atoms with van der Waals surface area (Å²) in [6.07, 6.45) is 2.25. The maximum absolute atomic E-state index is 12.7. The van der Waals surface area contributed by atoms with Gasteiger partial charge in [0.05, 0.1) is 23.6 Å². The topological polar surface area (TPSA) is 56.1 Å². The highest BCUT2D eigenvalue weighted by atomic mass is 35.5. The first-order valence-corrected chi connectivity index (χ1v) is 9.20. The molecule has 140 valence electrons. The lowest BCUT2D eigenvalue weighted by atomic mass is 10.0. The summed E-state index contributed by atoms with van der Waals surface area (Å²) >= 11 is 12.3. The Hall–Kier alpha value is -2.34. The number of halogens is 2. The lowest BCUT2D eigenvalue weighted by molar-refractivity contribution is 0.190. The van der Waals surface area contributed by atoms with Crippen LogP contribution in [0.25, 0.3) is 5.69 Å². The quantitative estimate of drug-likeness (QED) is 0.619. The van der Waals surface area contributed by atoms with E-state index in [4.69, 9.17) is 27.9 Å². The first kappa shape index (κ1) is 19.4. The predicted octanol–water partition coefficient (Wildman–Crippen LogP) is 4.73. The van der Waals surface area contributed by atoms with Gasteiger partial charge in [-0.05, 0) is 36.2 Å².